The van der Waals surface area contributed by atoms with Gasteiger partial charge >= 0.3 is 5.97 Å². The van der Waals surface area contributed by atoms with Crippen molar-refractivity contribution in [3.8, 4) is 0 Å². The number of aliphatic carboxylic acids is 1. The molecule has 16 heavy (non-hydrogen) atoms. The van der Waals surface area contributed by atoms with Crippen LogP contribution in [0.2, 0.25) is 5.02 Å². The molecule has 0 atom stereocenters. The highest BCUT2D eigenvalue weighted by Gasteiger charge is 2.36. The van der Waals surface area contributed by atoms with Crippen LogP contribution in [0.4, 0.5) is 0 Å². The third-order valence-corrected chi connectivity index (χ3v) is 3.42. The fraction of sp³-hybridized carbons (Fsp3) is 0.308. The van der Waals surface area contributed by atoms with Crippen LogP contribution in [0.15, 0.2) is 24.3 Å². The van der Waals surface area contributed by atoms with Gasteiger partial charge in [0.2, 0.25) is 0 Å². The molecule has 0 amide bonds. The molecule has 3 heteroatoms. The van der Waals surface area contributed by atoms with Gasteiger partial charge in [-0.05, 0) is 37.5 Å². The van der Waals surface area contributed by atoms with Crippen molar-refractivity contribution >= 4 is 23.1 Å². The van der Waals surface area contributed by atoms with Gasteiger partial charge in [-0.2, -0.15) is 0 Å². The first-order valence-electron chi connectivity index (χ1n) is 5.16. The topological polar surface area (TPSA) is 37.3 Å². The van der Waals surface area contributed by atoms with E-state index in [1.807, 2.05) is 18.2 Å². The lowest BCUT2D eigenvalue weighted by Crippen LogP contribution is -2.24. The molecular weight excluding hydrogens is 224 g/mol. The van der Waals surface area contributed by atoms with Crippen LogP contribution in [-0.2, 0) is 11.2 Å². The molecule has 0 aromatic heterocycles. The molecule has 0 heterocycles. The molecule has 0 spiro atoms. The highest BCUT2D eigenvalue weighted by molar-refractivity contribution is 6.32. The van der Waals surface area contributed by atoms with Crippen molar-refractivity contribution in [2.75, 3.05) is 0 Å². The van der Waals surface area contributed by atoms with Crippen molar-refractivity contribution in [3.05, 3.63) is 40.4 Å². The fourth-order valence-corrected chi connectivity index (χ4v) is 2.33. The van der Waals surface area contributed by atoms with E-state index in [2.05, 4.69) is 0 Å². The van der Waals surface area contributed by atoms with E-state index in [1.165, 1.54) is 0 Å². The number of benzene rings is 1. The number of allylic oxidation sites excluding steroid dienone is 1. The van der Waals surface area contributed by atoms with Crippen molar-refractivity contribution in [1.82, 2.24) is 0 Å². The van der Waals surface area contributed by atoms with Gasteiger partial charge in [0, 0.05) is 10.6 Å². The van der Waals surface area contributed by atoms with Crippen LogP contribution >= 0.6 is 11.6 Å². The van der Waals surface area contributed by atoms with Gasteiger partial charge in [0.15, 0.2) is 0 Å². The summed E-state index contributed by atoms with van der Waals surface area (Å²) in [5, 5.41) is 9.87. The number of carboxylic acid groups (broad SMARTS) is 1. The first-order valence-corrected chi connectivity index (χ1v) is 5.54. The normalized spacial score (nSPS) is 14.6. The van der Waals surface area contributed by atoms with Crippen LogP contribution in [0, 0.1) is 5.41 Å². The van der Waals surface area contributed by atoms with Gasteiger partial charge < -0.3 is 5.11 Å². The van der Waals surface area contributed by atoms with Crippen LogP contribution in [0.5, 0.6) is 0 Å². The molecular formula is C13H13ClO2. The summed E-state index contributed by atoms with van der Waals surface area (Å²) < 4.78 is 0. The van der Waals surface area contributed by atoms with Crippen LogP contribution in [0.3, 0.4) is 0 Å². The number of fused-ring (bicyclic) bond motifs is 1. The summed E-state index contributed by atoms with van der Waals surface area (Å²) in [5.41, 5.74) is 1.94. The second kappa shape index (κ2) is 3.63. The molecule has 0 bridgehead atoms. The molecule has 0 fully saturated rings. The smallest absolute Gasteiger partial charge is 0.313 e. The Balaban J connectivity index is 2.55. The van der Waals surface area contributed by atoms with Crippen molar-refractivity contribution in [1.29, 1.82) is 0 Å². The average Bonchev–Trinajstić information content (AvgIpc) is 2.63. The minimum Gasteiger partial charge on any atom is -0.481 e. The number of carboxylic acids is 1. The molecule has 84 valence electrons. The maximum Gasteiger partial charge on any atom is 0.313 e. The Kier molecular flexibility index (Phi) is 2.55. The minimum absolute atomic E-state index is 0.635. The van der Waals surface area contributed by atoms with Crippen molar-refractivity contribution in [3.63, 3.8) is 0 Å². The molecule has 1 aromatic rings. The summed E-state index contributed by atoms with van der Waals surface area (Å²) in [6.07, 6.45) is 2.73. The predicted octanol–water partition coefficient (Wildman–Crippen LogP) is 3.39. The largest absolute Gasteiger partial charge is 0.481 e. The number of hydrogen-bond donors (Lipinski definition) is 1. The third kappa shape index (κ3) is 1.54. The molecule has 1 aromatic carbocycles. The van der Waals surface area contributed by atoms with Crippen molar-refractivity contribution in [2.45, 2.75) is 20.3 Å². The first-order chi connectivity index (χ1) is 7.44. The Labute approximate surface area is 99.5 Å². The lowest BCUT2D eigenvalue weighted by molar-refractivity contribution is -0.143. The van der Waals surface area contributed by atoms with Crippen LogP contribution in [-0.4, -0.2) is 11.1 Å². The second-order valence-electron chi connectivity index (χ2n) is 4.53. The molecule has 2 nitrogen and oxygen atoms in total. The molecule has 0 unspecified atom stereocenters. The van der Waals surface area contributed by atoms with Crippen molar-refractivity contribution < 1.29 is 9.90 Å². The molecule has 1 aliphatic rings. The molecule has 0 saturated heterocycles. The van der Waals surface area contributed by atoms with E-state index in [-0.39, 0.29) is 0 Å². The number of rotatable bonds is 2. The molecule has 2 rings (SSSR count). The zero-order chi connectivity index (χ0) is 11.9. The van der Waals surface area contributed by atoms with E-state index in [0.717, 1.165) is 23.1 Å². The molecule has 1 N–H and O–H groups in total. The van der Waals surface area contributed by atoms with E-state index < -0.39 is 11.4 Å². The van der Waals surface area contributed by atoms with E-state index in [1.54, 1.807) is 19.9 Å². The molecule has 1 aliphatic carbocycles. The van der Waals surface area contributed by atoms with Gasteiger partial charge in [-0.3, -0.25) is 4.79 Å². The van der Waals surface area contributed by atoms with Crippen LogP contribution in [0.1, 0.15) is 25.0 Å². The molecule has 0 radical (unpaired) electrons. The van der Waals surface area contributed by atoms with E-state index >= 15 is 0 Å². The summed E-state index contributed by atoms with van der Waals surface area (Å²) >= 11 is 6.14. The van der Waals surface area contributed by atoms with Gasteiger partial charge in [-0.1, -0.05) is 29.8 Å². The summed E-state index contributed by atoms with van der Waals surface area (Å²) in [5.74, 6) is -0.827. The number of carbonyl (C=O) groups is 1. The van der Waals surface area contributed by atoms with Gasteiger partial charge in [0.25, 0.3) is 0 Å². The van der Waals surface area contributed by atoms with E-state index in [9.17, 15) is 9.90 Å². The zero-order valence-corrected chi connectivity index (χ0v) is 10.0. The highest BCUT2D eigenvalue weighted by atomic mass is 35.5. The van der Waals surface area contributed by atoms with E-state index in [4.69, 9.17) is 11.6 Å². The van der Waals surface area contributed by atoms with E-state index in [0.29, 0.717) is 5.02 Å². The monoisotopic (exact) mass is 236 g/mol. The Morgan fingerprint density at radius 2 is 2.12 bits per heavy atom. The first kappa shape index (κ1) is 11.2. The standard InChI is InChI=1S/C13H13ClO2/c1-13(2,12(15)16)9-7-6-8-4-3-5-10(14)11(8)9/h3-5,7H,6H2,1-2H3,(H,15,16). The van der Waals surface area contributed by atoms with Gasteiger partial charge in [-0.15, -0.1) is 0 Å². The summed E-state index contributed by atoms with van der Waals surface area (Å²) in [6.45, 7) is 3.42. The van der Waals surface area contributed by atoms with Gasteiger partial charge in [0.05, 0.1) is 5.41 Å². The maximum atomic E-state index is 11.2. The lowest BCUT2D eigenvalue weighted by Gasteiger charge is -2.22. The molecule has 0 saturated carbocycles. The minimum atomic E-state index is -0.893. The third-order valence-electron chi connectivity index (χ3n) is 3.10. The second-order valence-corrected chi connectivity index (χ2v) is 4.93. The summed E-state index contributed by atoms with van der Waals surface area (Å²) in [7, 11) is 0. The fourth-order valence-electron chi connectivity index (χ4n) is 2.04. The Morgan fingerprint density at radius 3 is 2.75 bits per heavy atom. The van der Waals surface area contributed by atoms with Gasteiger partial charge in [0.1, 0.15) is 0 Å². The summed E-state index contributed by atoms with van der Waals surface area (Å²) in [6, 6.07) is 5.69. The number of hydrogen-bond acceptors (Lipinski definition) is 1. The molecule has 0 aliphatic heterocycles. The Hall–Kier alpha value is -1.28. The number of halogens is 1. The maximum absolute atomic E-state index is 11.2. The summed E-state index contributed by atoms with van der Waals surface area (Å²) in [4.78, 5) is 11.2. The lowest BCUT2D eigenvalue weighted by atomic mass is 9.81. The van der Waals surface area contributed by atoms with Crippen LogP contribution in [0.25, 0.3) is 5.57 Å². The Morgan fingerprint density at radius 1 is 1.44 bits per heavy atom. The predicted molar refractivity (Wildman–Crippen MR) is 64.5 cm³/mol. The quantitative estimate of drug-likeness (QED) is 0.855. The Bertz CT molecular complexity index is 487. The zero-order valence-electron chi connectivity index (χ0n) is 9.25. The van der Waals surface area contributed by atoms with Crippen molar-refractivity contribution in [2.24, 2.45) is 5.41 Å². The van der Waals surface area contributed by atoms with Crippen LogP contribution < -0.4 is 0 Å². The SMILES string of the molecule is CC(C)(C(=O)O)C1=CCc2cccc(Cl)c21. The highest BCUT2D eigenvalue weighted by Crippen LogP contribution is 2.43. The average molecular weight is 237 g/mol. The van der Waals surface area contributed by atoms with Gasteiger partial charge in [-0.25, -0.2) is 0 Å².